The van der Waals surface area contributed by atoms with Crippen LogP contribution in [0.5, 0.6) is 0 Å². The SMILES string of the molecule is NC(=O)C=Cc1ccc(C(=O)O)c(C(F)(F)F)c1. The van der Waals surface area contributed by atoms with Crippen LogP contribution >= 0.6 is 0 Å². The van der Waals surface area contributed by atoms with Crippen LogP contribution in [0, 0.1) is 0 Å². The molecule has 0 spiro atoms. The highest BCUT2D eigenvalue weighted by molar-refractivity contribution is 5.92. The number of alkyl halides is 3. The normalized spacial score (nSPS) is 11.7. The lowest BCUT2D eigenvalue weighted by Gasteiger charge is -2.10. The fourth-order valence-corrected chi connectivity index (χ4v) is 1.26. The van der Waals surface area contributed by atoms with Gasteiger partial charge in [0.15, 0.2) is 0 Å². The van der Waals surface area contributed by atoms with Crippen LogP contribution < -0.4 is 5.73 Å². The molecule has 1 aromatic rings. The first-order chi connectivity index (χ1) is 8.21. The standard InChI is InChI=1S/C11H8F3NO3/c12-11(13,14)8-5-6(2-4-9(15)16)1-3-7(8)10(17)18/h1-5H,(H2,15,16)(H,17,18). The summed E-state index contributed by atoms with van der Waals surface area (Å²) in [7, 11) is 0. The number of hydrogen-bond acceptors (Lipinski definition) is 2. The Bertz CT molecular complexity index is 521. The second-order valence-electron chi connectivity index (χ2n) is 3.34. The zero-order valence-corrected chi connectivity index (χ0v) is 8.86. The van der Waals surface area contributed by atoms with Gasteiger partial charge in [-0.15, -0.1) is 0 Å². The van der Waals surface area contributed by atoms with E-state index < -0.39 is 29.2 Å². The predicted molar refractivity (Wildman–Crippen MR) is 56.6 cm³/mol. The fraction of sp³-hybridized carbons (Fsp3) is 0.0909. The van der Waals surface area contributed by atoms with E-state index in [1.807, 2.05) is 0 Å². The topological polar surface area (TPSA) is 80.4 Å². The van der Waals surface area contributed by atoms with Gasteiger partial charge in [-0.05, 0) is 23.8 Å². The minimum absolute atomic E-state index is 0.0334. The minimum Gasteiger partial charge on any atom is -0.478 e. The van der Waals surface area contributed by atoms with Gasteiger partial charge in [-0.3, -0.25) is 4.79 Å². The smallest absolute Gasteiger partial charge is 0.417 e. The van der Waals surface area contributed by atoms with Crippen molar-refractivity contribution in [3.8, 4) is 0 Å². The monoisotopic (exact) mass is 259 g/mol. The number of rotatable bonds is 3. The summed E-state index contributed by atoms with van der Waals surface area (Å²) in [6.45, 7) is 0. The average molecular weight is 259 g/mol. The van der Waals surface area contributed by atoms with Gasteiger partial charge in [-0.2, -0.15) is 13.2 Å². The number of carbonyl (C=O) groups is 2. The van der Waals surface area contributed by atoms with Crippen LogP contribution in [0.4, 0.5) is 13.2 Å². The molecule has 1 amide bonds. The Hall–Kier alpha value is -2.31. The molecular formula is C11H8F3NO3. The van der Waals surface area contributed by atoms with Crippen molar-refractivity contribution < 1.29 is 27.9 Å². The molecule has 0 saturated carbocycles. The van der Waals surface area contributed by atoms with E-state index in [1.165, 1.54) is 0 Å². The number of amides is 1. The Balaban J connectivity index is 3.30. The summed E-state index contributed by atoms with van der Waals surface area (Å²) < 4.78 is 37.8. The van der Waals surface area contributed by atoms with E-state index in [4.69, 9.17) is 10.8 Å². The Morgan fingerprint density at radius 3 is 2.33 bits per heavy atom. The first kappa shape index (κ1) is 13.8. The zero-order chi connectivity index (χ0) is 13.9. The maximum atomic E-state index is 12.6. The number of benzene rings is 1. The highest BCUT2D eigenvalue weighted by Gasteiger charge is 2.35. The second-order valence-corrected chi connectivity index (χ2v) is 3.34. The molecule has 0 saturated heterocycles. The summed E-state index contributed by atoms with van der Waals surface area (Å²) in [5.41, 5.74) is 2.71. The van der Waals surface area contributed by atoms with Crippen LogP contribution in [0.15, 0.2) is 24.3 Å². The molecule has 4 nitrogen and oxygen atoms in total. The van der Waals surface area contributed by atoms with Gasteiger partial charge in [0.2, 0.25) is 5.91 Å². The summed E-state index contributed by atoms with van der Waals surface area (Å²) >= 11 is 0. The van der Waals surface area contributed by atoms with Crippen LogP contribution in [0.2, 0.25) is 0 Å². The Morgan fingerprint density at radius 1 is 1.28 bits per heavy atom. The number of nitrogens with two attached hydrogens (primary N) is 1. The Morgan fingerprint density at radius 2 is 1.89 bits per heavy atom. The van der Waals surface area contributed by atoms with Gasteiger partial charge >= 0.3 is 12.1 Å². The molecule has 0 aliphatic rings. The molecule has 1 rings (SSSR count). The molecule has 3 N–H and O–H groups in total. The highest BCUT2D eigenvalue weighted by Crippen LogP contribution is 2.33. The molecule has 96 valence electrons. The molecular weight excluding hydrogens is 251 g/mol. The molecule has 1 aromatic carbocycles. The van der Waals surface area contributed by atoms with Gasteiger partial charge in [0, 0.05) is 6.08 Å². The van der Waals surface area contributed by atoms with E-state index in [9.17, 15) is 22.8 Å². The second kappa shape index (κ2) is 4.91. The summed E-state index contributed by atoms with van der Waals surface area (Å²) in [6.07, 6.45) is -2.83. The lowest BCUT2D eigenvalue weighted by Crippen LogP contribution is -2.13. The lowest BCUT2D eigenvalue weighted by atomic mass is 10.0. The number of carbonyl (C=O) groups excluding carboxylic acids is 1. The number of hydrogen-bond donors (Lipinski definition) is 2. The van der Waals surface area contributed by atoms with Crippen molar-refractivity contribution in [1.29, 1.82) is 0 Å². The molecule has 0 aliphatic heterocycles. The number of carboxylic acids is 1. The number of aromatic carboxylic acids is 1. The molecule has 0 aromatic heterocycles. The maximum absolute atomic E-state index is 12.6. The predicted octanol–water partition coefficient (Wildman–Crippen LogP) is 1.90. The average Bonchev–Trinajstić information content (AvgIpc) is 2.24. The van der Waals surface area contributed by atoms with E-state index in [1.54, 1.807) is 0 Å². The lowest BCUT2D eigenvalue weighted by molar-refractivity contribution is -0.138. The van der Waals surface area contributed by atoms with E-state index in [0.29, 0.717) is 6.07 Å². The summed E-state index contributed by atoms with van der Waals surface area (Å²) in [5, 5.41) is 8.65. The molecule has 0 atom stereocenters. The van der Waals surface area contributed by atoms with Gasteiger partial charge in [-0.1, -0.05) is 6.07 Å². The quantitative estimate of drug-likeness (QED) is 0.813. The third-order valence-electron chi connectivity index (χ3n) is 2.02. The van der Waals surface area contributed by atoms with Crippen molar-refractivity contribution in [3.63, 3.8) is 0 Å². The molecule has 0 bridgehead atoms. The minimum atomic E-state index is -4.79. The van der Waals surface area contributed by atoms with Crippen LogP contribution in [0.1, 0.15) is 21.5 Å². The summed E-state index contributed by atoms with van der Waals surface area (Å²) in [5.74, 6) is -2.49. The van der Waals surface area contributed by atoms with Crippen LogP contribution in [0.3, 0.4) is 0 Å². The highest BCUT2D eigenvalue weighted by atomic mass is 19.4. The molecule has 0 aliphatic carbocycles. The zero-order valence-electron chi connectivity index (χ0n) is 8.86. The van der Waals surface area contributed by atoms with Gasteiger partial charge < -0.3 is 10.8 Å². The summed E-state index contributed by atoms with van der Waals surface area (Å²) in [4.78, 5) is 21.1. The third kappa shape index (κ3) is 3.34. The van der Waals surface area contributed by atoms with Gasteiger partial charge in [0.1, 0.15) is 0 Å². The van der Waals surface area contributed by atoms with Crippen molar-refractivity contribution in [2.45, 2.75) is 6.18 Å². The number of primary amides is 1. The fourth-order valence-electron chi connectivity index (χ4n) is 1.26. The van der Waals surface area contributed by atoms with Crippen LogP contribution in [-0.2, 0) is 11.0 Å². The first-order valence-electron chi connectivity index (χ1n) is 4.64. The summed E-state index contributed by atoms with van der Waals surface area (Å²) in [6, 6.07) is 2.62. The van der Waals surface area contributed by atoms with E-state index >= 15 is 0 Å². The Kier molecular flexibility index (Phi) is 3.75. The largest absolute Gasteiger partial charge is 0.478 e. The van der Waals surface area contributed by atoms with Gasteiger partial charge in [-0.25, -0.2) is 4.79 Å². The van der Waals surface area contributed by atoms with Gasteiger partial charge in [0.05, 0.1) is 11.1 Å². The van der Waals surface area contributed by atoms with Crippen molar-refractivity contribution >= 4 is 18.0 Å². The van der Waals surface area contributed by atoms with Crippen LogP contribution in [-0.4, -0.2) is 17.0 Å². The molecule has 0 heterocycles. The Labute approximate surface area is 99.5 Å². The van der Waals surface area contributed by atoms with Crippen molar-refractivity contribution in [2.24, 2.45) is 5.73 Å². The first-order valence-corrected chi connectivity index (χ1v) is 4.64. The van der Waals surface area contributed by atoms with E-state index in [-0.39, 0.29) is 5.56 Å². The van der Waals surface area contributed by atoms with Gasteiger partial charge in [0.25, 0.3) is 0 Å². The molecule has 0 radical (unpaired) electrons. The van der Waals surface area contributed by atoms with E-state index in [0.717, 1.165) is 24.3 Å². The van der Waals surface area contributed by atoms with Crippen molar-refractivity contribution in [2.75, 3.05) is 0 Å². The molecule has 7 heteroatoms. The number of carboxylic acid groups (broad SMARTS) is 1. The molecule has 0 unspecified atom stereocenters. The maximum Gasteiger partial charge on any atom is 0.417 e. The molecule has 18 heavy (non-hydrogen) atoms. The molecule has 0 fully saturated rings. The number of halogens is 3. The third-order valence-corrected chi connectivity index (χ3v) is 2.02. The van der Waals surface area contributed by atoms with E-state index in [2.05, 4.69) is 0 Å². The van der Waals surface area contributed by atoms with Crippen molar-refractivity contribution in [1.82, 2.24) is 0 Å². The van der Waals surface area contributed by atoms with Crippen molar-refractivity contribution in [3.05, 3.63) is 41.0 Å². The van der Waals surface area contributed by atoms with Crippen LogP contribution in [0.25, 0.3) is 6.08 Å².